The predicted octanol–water partition coefficient (Wildman–Crippen LogP) is 3.79. The highest BCUT2D eigenvalue weighted by atomic mass is 32.1. The van der Waals surface area contributed by atoms with Gasteiger partial charge in [-0.05, 0) is 24.1 Å². The quantitative estimate of drug-likeness (QED) is 0.574. The smallest absolute Gasteiger partial charge is 0.234 e. The molecule has 0 saturated carbocycles. The normalized spacial score (nSPS) is 12.6. The summed E-state index contributed by atoms with van der Waals surface area (Å²) in [6.45, 7) is 2.18. The van der Waals surface area contributed by atoms with Crippen LogP contribution < -0.4 is 0 Å². The molecule has 0 saturated heterocycles. The largest absolute Gasteiger partial charge is 0.264 e. The van der Waals surface area contributed by atoms with Crippen molar-refractivity contribution in [3.63, 3.8) is 0 Å². The van der Waals surface area contributed by atoms with E-state index in [-0.39, 0.29) is 5.92 Å². The average Bonchev–Trinajstić information content (AvgIpc) is 3.18. The average molecular weight is 321 g/mol. The molecule has 0 amide bonds. The molecule has 0 N–H and O–H groups in total. The van der Waals surface area contributed by atoms with Crippen LogP contribution in [0.4, 0.5) is 0 Å². The molecule has 23 heavy (non-hydrogen) atoms. The van der Waals surface area contributed by atoms with E-state index in [0.29, 0.717) is 0 Å². The molecule has 6 heteroatoms. The highest BCUT2D eigenvalue weighted by Crippen LogP contribution is 2.32. The van der Waals surface area contributed by atoms with Gasteiger partial charge in [-0.15, -0.1) is 10.2 Å². The maximum atomic E-state index is 4.78. The first kappa shape index (κ1) is 14.0. The maximum Gasteiger partial charge on any atom is 0.234 e. The number of aromatic nitrogens is 5. The fourth-order valence-corrected chi connectivity index (χ4v) is 3.74. The van der Waals surface area contributed by atoms with Crippen LogP contribution in [-0.4, -0.2) is 24.8 Å². The summed E-state index contributed by atoms with van der Waals surface area (Å²) in [5, 5.41) is 14.4. The van der Waals surface area contributed by atoms with Crippen LogP contribution in [0.2, 0.25) is 0 Å². The Morgan fingerprint density at radius 2 is 1.96 bits per heavy atom. The summed E-state index contributed by atoms with van der Waals surface area (Å²) in [5.41, 5.74) is 2.20. The van der Waals surface area contributed by atoms with Gasteiger partial charge in [0.15, 0.2) is 5.82 Å². The molecule has 0 spiro atoms. The first-order chi connectivity index (χ1) is 11.4. The molecule has 0 radical (unpaired) electrons. The second-order valence-corrected chi connectivity index (χ2v) is 6.26. The van der Waals surface area contributed by atoms with Crippen molar-refractivity contribution >= 4 is 16.3 Å². The minimum atomic E-state index is 0.282. The molecule has 1 atom stereocenters. The van der Waals surface area contributed by atoms with Crippen LogP contribution in [0.3, 0.4) is 0 Å². The molecule has 0 aliphatic rings. The van der Waals surface area contributed by atoms with Crippen molar-refractivity contribution in [1.29, 1.82) is 0 Å². The second-order valence-electron chi connectivity index (χ2n) is 5.27. The van der Waals surface area contributed by atoms with E-state index in [0.717, 1.165) is 27.8 Å². The first-order valence-electron chi connectivity index (χ1n) is 7.54. The van der Waals surface area contributed by atoms with Crippen molar-refractivity contribution in [2.45, 2.75) is 19.3 Å². The molecule has 114 valence electrons. The number of fused-ring (bicyclic) bond motifs is 1. The van der Waals surface area contributed by atoms with E-state index >= 15 is 0 Å². The Morgan fingerprint density at radius 3 is 2.70 bits per heavy atom. The molecule has 4 aromatic rings. The monoisotopic (exact) mass is 321 g/mol. The Bertz CT molecular complexity index is 914. The SMILES string of the molecule is CC[C@H](c1ccccc1)c1nn2c(-c3cccnc3)nnc2s1. The lowest BCUT2D eigenvalue weighted by Gasteiger charge is -2.11. The zero-order valence-electron chi connectivity index (χ0n) is 12.6. The third-order valence-electron chi connectivity index (χ3n) is 3.83. The number of hydrogen-bond acceptors (Lipinski definition) is 5. The van der Waals surface area contributed by atoms with Crippen molar-refractivity contribution in [3.8, 4) is 11.4 Å². The van der Waals surface area contributed by atoms with Crippen LogP contribution in [-0.2, 0) is 0 Å². The summed E-state index contributed by atoms with van der Waals surface area (Å²) in [4.78, 5) is 4.96. The van der Waals surface area contributed by atoms with Crippen molar-refractivity contribution in [2.75, 3.05) is 0 Å². The first-order valence-corrected chi connectivity index (χ1v) is 8.36. The number of pyridine rings is 1. The fraction of sp³-hybridized carbons (Fsp3) is 0.176. The van der Waals surface area contributed by atoms with Gasteiger partial charge >= 0.3 is 0 Å². The van der Waals surface area contributed by atoms with E-state index in [1.54, 1.807) is 23.7 Å². The van der Waals surface area contributed by atoms with Gasteiger partial charge in [-0.2, -0.15) is 9.61 Å². The third kappa shape index (κ3) is 2.51. The van der Waals surface area contributed by atoms with Crippen molar-refractivity contribution < 1.29 is 0 Å². The van der Waals surface area contributed by atoms with Gasteiger partial charge in [-0.1, -0.05) is 48.6 Å². The minimum absolute atomic E-state index is 0.282. The number of rotatable bonds is 4. The van der Waals surface area contributed by atoms with E-state index in [1.807, 2.05) is 22.7 Å². The molecule has 1 aromatic carbocycles. The van der Waals surface area contributed by atoms with E-state index in [9.17, 15) is 0 Å². The lowest BCUT2D eigenvalue weighted by molar-refractivity contribution is 0.743. The van der Waals surface area contributed by atoms with Crippen LogP contribution in [0.15, 0.2) is 54.9 Å². The van der Waals surface area contributed by atoms with E-state index in [2.05, 4.69) is 46.4 Å². The summed E-state index contributed by atoms with van der Waals surface area (Å²) in [6, 6.07) is 14.3. The summed E-state index contributed by atoms with van der Waals surface area (Å²) in [5.74, 6) is 1.02. The number of hydrogen-bond donors (Lipinski definition) is 0. The van der Waals surface area contributed by atoms with Gasteiger partial charge in [-0.25, -0.2) is 0 Å². The molecule has 0 aliphatic carbocycles. The summed E-state index contributed by atoms with van der Waals surface area (Å²) >= 11 is 1.60. The Labute approximate surface area is 137 Å². The lowest BCUT2D eigenvalue weighted by atomic mass is 9.97. The van der Waals surface area contributed by atoms with Gasteiger partial charge in [0.1, 0.15) is 5.01 Å². The van der Waals surface area contributed by atoms with Crippen LogP contribution in [0.5, 0.6) is 0 Å². The van der Waals surface area contributed by atoms with Crippen LogP contribution in [0.25, 0.3) is 16.3 Å². The number of nitrogens with zero attached hydrogens (tertiary/aromatic N) is 5. The molecule has 0 bridgehead atoms. The Hall–Kier alpha value is -2.60. The summed E-state index contributed by atoms with van der Waals surface area (Å²) in [6.07, 6.45) is 4.52. The zero-order valence-corrected chi connectivity index (χ0v) is 13.4. The highest BCUT2D eigenvalue weighted by Gasteiger charge is 2.20. The van der Waals surface area contributed by atoms with Crippen LogP contribution in [0, 0.1) is 0 Å². The standard InChI is InChI=1S/C17H15N5S/c1-2-14(12-7-4-3-5-8-12)16-21-22-15(19-20-17(22)23-16)13-9-6-10-18-11-13/h3-11,14H,2H2,1H3/t14-/m1/s1. The van der Waals surface area contributed by atoms with E-state index < -0.39 is 0 Å². The third-order valence-corrected chi connectivity index (χ3v) is 4.85. The molecule has 0 fully saturated rings. The predicted molar refractivity (Wildman–Crippen MR) is 90.5 cm³/mol. The van der Waals surface area contributed by atoms with Crippen molar-refractivity contribution in [3.05, 3.63) is 65.4 Å². The fourth-order valence-electron chi connectivity index (χ4n) is 2.69. The maximum absolute atomic E-state index is 4.78. The lowest BCUT2D eigenvalue weighted by Crippen LogP contribution is -2.01. The van der Waals surface area contributed by atoms with E-state index in [1.165, 1.54) is 5.56 Å². The van der Waals surface area contributed by atoms with Gasteiger partial charge in [-0.3, -0.25) is 4.98 Å². The minimum Gasteiger partial charge on any atom is -0.264 e. The molecule has 0 aliphatic heterocycles. The Morgan fingerprint density at radius 1 is 1.09 bits per heavy atom. The summed E-state index contributed by atoms with van der Waals surface area (Å²) in [7, 11) is 0. The number of benzene rings is 1. The van der Waals surface area contributed by atoms with Gasteiger partial charge in [0.25, 0.3) is 0 Å². The molecule has 0 unspecified atom stereocenters. The van der Waals surface area contributed by atoms with Gasteiger partial charge < -0.3 is 0 Å². The van der Waals surface area contributed by atoms with Crippen LogP contribution >= 0.6 is 11.3 Å². The molecule has 3 heterocycles. The Kier molecular flexibility index (Phi) is 3.59. The van der Waals surface area contributed by atoms with Gasteiger partial charge in [0.05, 0.1) is 0 Å². The van der Waals surface area contributed by atoms with Crippen molar-refractivity contribution in [2.24, 2.45) is 0 Å². The van der Waals surface area contributed by atoms with Gasteiger partial charge in [0.2, 0.25) is 4.96 Å². The Balaban J connectivity index is 1.79. The second kappa shape index (κ2) is 5.89. The van der Waals surface area contributed by atoms with Gasteiger partial charge in [0, 0.05) is 23.9 Å². The topological polar surface area (TPSA) is 56.0 Å². The molecular formula is C17H15N5S. The van der Waals surface area contributed by atoms with E-state index in [4.69, 9.17) is 5.10 Å². The molecule has 3 aromatic heterocycles. The van der Waals surface area contributed by atoms with Crippen molar-refractivity contribution in [1.82, 2.24) is 24.8 Å². The molecule has 5 nitrogen and oxygen atoms in total. The zero-order chi connectivity index (χ0) is 15.6. The summed E-state index contributed by atoms with van der Waals surface area (Å²) < 4.78 is 1.82. The highest BCUT2D eigenvalue weighted by molar-refractivity contribution is 7.16. The molecular weight excluding hydrogens is 306 g/mol. The molecule has 4 rings (SSSR count). The van der Waals surface area contributed by atoms with Crippen LogP contribution in [0.1, 0.15) is 29.8 Å².